The quantitative estimate of drug-likeness (QED) is 0.337. The molecule has 1 saturated heterocycles. The molecule has 0 aromatic heterocycles. The van der Waals surface area contributed by atoms with Gasteiger partial charge in [-0.2, -0.15) is 0 Å². The van der Waals surface area contributed by atoms with Crippen LogP contribution in [0.15, 0.2) is 12.2 Å². The minimum absolute atomic E-state index is 1.00. The van der Waals surface area contributed by atoms with Crippen molar-refractivity contribution in [1.82, 2.24) is 4.90 Å². The number of rotatable bonds is 0. The first-order chi connectivity index (χ1) is 3.79. The number of hydrogen-bond donors (Lipinski definition) is 0. The van der Waals surface area contributed by atoms with Crippen LogP contribution in [0.25, 0.3) is 0 Å². The molecule has 0 saturated carbocycles. The molecular formula is C7H12N-. The molecule has 0 atom stereocenters. The summed E-state index contributed by atoms with van der Waals surface area (Å²) in [5.74, 6) is 0. The van der Waals surface area contributed by atoms with E-state index in [9.17, 15) is 0 Å². The van der Waals surface area contributed by atoms with E-state index in [0.29, 0.717) is 0 Å². The van der Waals surface area contributed by atoms with Crippen molar-refractivity contribution in [3.63, 3.8) is 0 Å². The van der Waals surface area contributed by atoms with E-state index in [0.717, 1.165) is 13.1 Å². The zero-order chi connectivity index (χ0) is 5.98. The Bertz CT molecular complexity index is 96.6. The minimum atomic E-state index is 1.00. The lowest BCUT2D eigenvalue weighted by Gasteiger charge is -2.30. The zero-order valence-electron chi connectivity index (χ0n) is 5.19. The molecule has 0 aromatic carbocycles. The van der Waals surface area contributed by atoms with Gasteiger partial charge < -0.3 is 4.90 Å². The molecule has 0 radical (unpaired) electrons. The fourth-order valence-corrected chi connectivity index (χ4v) is 1.03. The van der Waals surface area contributed by atoms with Crippen LogP contribution in [0.4, 0.5) is 0 Å². The van der Waals surface area contributed by atoms with Crippen LogP contribution in [0.3, 0.4) is 0 Å². The summed E-state index contributed by atoms with van der Waals surface area (Å²) in [5.41, 5.74) is 1.33. The first-order valence-corrected chi connectivity index (χ1v) is 3.01. The van der Waals surface area contributed by atoms with E-state index in [1.54, 1.807) is 0 Å². The Morgan fingerprint density at radius 2 is 2.38 bits per heavy atom. The Balaban J connectivity index is 2.34. The van der Waals surface area contributed by atoms with Gasteiger partial charge in [-0.15, -0.1) is 0 Å². The van der Waals surface area contributed by atoms with Crippen molar-refractivity contribution in [2.75, 3.05) is 13.1 Å². The van der Waals surface area contributed by atoms with Crippen LogP contribution in [-0.2, 0) is 0 Å². The molecule has 1 aliphatic heterocycles. The Kier molecular flexibility index (Phi) is 1.69. The molecule has 0 N–H and O–H groups in total. The maximum atomic E-state index is 3.88. The minimum Gasteiger partial charge on any atom is -0.456 e. The Hall–Kier alpha value is -0.300. The van der Waals surface area contributed by atoms with Crippen LogP contribution in [0.2, 0.25) is 0 Å². The van der Waals surface area contributed by atoms with Crippen LogP contribution in [0.1, 0.15) is 12.8 Å². The van der Waals surface area contributed by atoms with Gasteiger partial charge in [0.05, 0.1) is 0 Å². The van der Waals surface area contributed by atoms with E-state index in [1.807, 2.05) is 0 Å². The van der Waals surface area contributed by atoms with Gasteiger partial charge in [0.1, 0.15) is 0 Å². The molecule has 1 nitrogen and oxygen atoms in total. The second kappa shape index (κ2) is 2.31. The summed E-state index contributed by atoms with van der Waals surface area (Å²) >= 11 is 0. The van der Waals surface area contributed by atoms with Crippen molar-refractivity contribution in [2.24, 2.45) is 0 Å². The van der Waals surface area contributed by atoms with Gasteiger partial charge in [-0.1, -0.05) is 12.2 Å². The first-order valence-electron chi connectivity index (χ1n) is 3.01. The van der Waals surface area contributed by atoms with E-state index < -0.39 is 0 Å². The first kappa shape index (κ1) is 5.83. The lowest BCUT2D eigenvalue weighted by atomic mass is 10.1. The Labute approximate surface area is 51.0 Å². The highest BCUT2D eigenvalue weighted by Gasteiger charge is 2.02. The van der Waals surface area contributed by atoms with Crippen molar-refractivity contribution in [3.05, 3.63) is 19.2 Å². The van der Waals surface area contributed by atoms with Crippen molar-refractivity contribution < 1.29 is 0 Å². The zero-order valence-corrected chi connectivity index (χ0v) is 5.19. The predicted molar refractivity (Wildman–Crippen MR) is 35.3 cm³/mol. The van der Waals surface area contributed by atoms with Crippen molar-refractivity contribution >= 4 is 0 Å². The predicted octanol–water partition coefficient (Wildman–Crippen LogP) is 1.43. The molecule has 1 aliphatic rings. The van der Waals surface area contributed by atoms with E-state index >= 15 is 0 Å². The fourth-order valence-electron chi connectivity index (χ4n) is 1.03. The van der Waals surface area contributed by atoms with Crippen LogP contribution < -0.4 is 0 Å². The Morgan fingerprint density at radius 3 is 2.75 bits per heavy atom. The van der Waals surface area contributed by atoms with E-state index in [2.05, 4.69) is 18.5 Å². The summed E-state index contributed by atoms with van der Waals surface area (Å²) in [4.78, 5) is 2.06. The molecule has 1 heterocycles. The molecule has 1 rings (SSSR count). The largest absolute Gasteiger partial charge is 0.456 e. The van der Waals surface area contributed by atoms with Gasteiger partial charge in [-0.05, 0) is 25.9 Å². The molecular weight excluding hydrogens is 98.1 g/mol. The van der Waals surface area contributed by atoms with Crippen LogP contribution in [-0.4, -0.2) is 18.0 Å². The summed E-state index contributed by atoms with van der Waals surface area (Å²) in [7, 11) is 3.82. The van der Waals surface area contributed by atoms with Gasteiger partial charge in [0.15, 0.2) is 0 Å². The van der Waals surface area contributed by atoms with Crippen LogP contribution in [0.5, 0.6) is 0 Å². The summed E-state index contributed by atoms with van der Waals surface area (Å²) in [5, 5.41) is 0. The van der Waals surface area contributed by atoms with Gasteiger partial charge in [-0.3, -0.25) is 7.05 Å². The number of hydrogen-bond acceptors (Lipinski definition) is 1. The lowest BCUT2D eigenvalue weighted by molar-refractivity contribution is 0.356. The topological polar surface area (TPSA) is 3.24 Å². The smallest absolute Gasteiger partial charge is 0.00893 e. The molecule has 46 valence electrons. The van der Waals surface area contributed by atoms with Crippen LogP contribution in [0, 0.1) is 7.05 Å². The van der Waals surface area contributed by atoms with Gasteiger partial charge in [-0.25, -0.2) is 0 Å². The summed E-state index contributed by atoms with van der Waals surface area (Å²) in [6, 6.07) is 0. The van der Waals surface area contributed by atoms with Crippen molar-refractivity contribution in [1.29, 1.82) is 0 Å². The normalized spacial score (nSPS) is 23.9. The van der Waals surface area contributed by atoms with Gasteiger partial charge in [0.2, 0.25) is 0 Å². The molecule has 0 amide bonds. The van der Waals surface area contributed by atoms with Gasteiger partial charge in [0, 0.05) is 0 Å². The second-order valence-corrected chi connectivity index (χ2v) is 2.41. The maximum Gasteiger partial charge on any atom is -0.00893 e. The van der Waals surface area contributed by atoms with Gasteiger partial charge in [0.25, 0.3) is 0 Å². The monoisotopic (exact) mass is 110 g/mol. The van der Waals surface area contributed by atoms with E-state index in [4.69, 9.17) is 0 Å². The Morgan fingerprint density at radius 1 is 1.62 bits per heavy atom. The van der Waals surface area contributed by atoms with Crippen LogP contribution >= 0.6 is 0 Å². The molecule has 0 spiro atoms. The third kappa shape index (κ3) is 1.34. The SMILES string of the molecule is C=C1CCCN([CH2-])C1. The third-order valence-electron chi connectivity index (χ3n) is 1.45. The second-order valence-electron chi connectivity index (χ2n) is 2.41. The van der Waals surface area contributed by atoms with Gasteiger partial charge >= 0.3 is 0 Å². The van der Waals surface area contributed by atoms with Crippen molar-refractivity contribution in [3.8, 4) is 0 Å². The number of nitrogens with zero attached hydrogens (tertiary/aromatic N) is 1. The van der Waals surface area contributed by atoms with Crippen molar-refractivity contribution in [2.45, 2.75) is 12.8 Å². The standard InChI is InChI=1S/C7H12N/c1-7-4-3-5-8(2)6-7/h1-6H2/q-1. The number of likely N-dealkylation sites (tertiary alicyclic amines) is 1. The molecule has 8 heavy (non-hydrogen) atoms. The summed E-state index contributed by atoms with van der Waals surface area (Å²) < 4.78 is 0. The highest BCUT2D eigenvalue weighted by Crippen LogP contribution is 2.11. The molecule has 0 unspecified atom stereocenters. The summed E-state index contributed by atoms with van der Waals surface area (Å²) in [6.45, 7) is 6.02. The fraction of sp³-hybridized carbons (Fsp3) is 0.571. The maximum absolute atomic E-state index is 3.88. The average molecular weight is 110 g/mol. The molecule has 1 fully saturated rings. The van der Waals surface area contributed by atoms with E-state index in [-0.39, 0.29) is 0 Å². The molecule has 0 aromatic rings. The average Bonchev–Trinajstić information content (AvgIpc) is 1.64. The third-order valence-corrected chi connectivity index (χ3v) is 1.45. The highest BCUT2D eigenvalue weighted by atomic mass is 15.1. The molecule has 1 heteroatoms. The molecule has 0 aliphatic carbocycles. The summed E-state index contributed by atoms with van der Waals surface area (Å²) in [6.07, 6.45) is 2.44. The highest BCUT2D eigenvalue weighted by molar-refractivity contribution is 5.00. The van der Waals surface area contributed by atoms with E-state index in [1.165, 1.54) is 18.4 Å². The lowest BCUT2D eigenvalue weighted by Crippen LogP contribution is -2.24. The molecule has 0 bridgehead atoms. The number of piperidine rings is 1.